The van der Waals surface area contributed by atoms with Crippen LogP contribution in [0.5, 0.6) is 0 Å². The fourth-order valence-corrected chi connectivity index (χ4v) is 3.96. The zero-order chi connectivity index (χ0) is 14.8. The summed E-state index contributed by atoms with van der Waals surface area (Å²) in [5, 5.41) is 3.36. The Morgan fingerprint density at radius 3 is 2.70 bits per heavy atom. The van der Waals surface area contributed by atoms with Crippen molar-refractivity contribution >= 4 is 44.8 Å². The monoisotopic (exact) mass is 336 g/mol. The molecule has 0 aliphatic carbocycles. The van der Waals surface area contributed by atoms with E-state index in [2.05, 4.69) is 5.32 Å². The molecule has 1 heterocycles. The van der Waals surface area contributed by atoms with E-state index in [-0.39, 0.29) is 12.3 Å². The molecule has 110 valence electrons. The van der Waals surface area contributed by atoms with Crippen molar-refractivity contribution in [1.82, 2.24) is 4.31 Å². The maximum Gasteiger partial charge on any atom is 0.239 e. The number of hydrogen-bond donors (Lipinski definition) is 1. The zero-order valence-electron chi connectivity index (χ0n) is 10.6. The molecule has 1 fully saturated rings. The van der Waals surface area contributed by atoms with Gasteiger partial charge in [-0.2, -0.15) is 4.31 Å². The molecule has 1 aliphatic rings. The second kappa shape index (κ2) is 6.30. The minimum Gasteiger partial charge on any atom is -0.324 e. The minimum absolute atomic E-state index is 0.0992. The standard InChI is InChI=1S/C12H14Cl2N2O3S/c13-9-3-4-11(10(14)7-9)15-12(17)8-16-5-1-2-6-20(16,18)19/h3-4,7H,1-2,5-6,8H2,(H,15,17). The van der Waals surface area contributed by atoms with E-state index < -0.39 is 15.9 Å². The lowest BCUT2D eigenvalue weighted by molar-refractivity contribution is -0.116. The SMILES string of the molecule is O=C(CN1CCCCS1(=O)=O)Nc1ccc(Cl)cc1Cl. The van der Waals surface area contributed by atoms with Crippen LogP contribution in [-0.4, -0.2) is 37.5 Å². The van der Waals surface area contributed by atoms with Crippen LogP contribution in [0.1, 0.15) is 12.8 Å². The van der Waals surface area contributed by atoms with Gasteiger partial charge in [-0.3, -0.25) is 4.79 Å². The summed E-state index contributed by atoms with van der Waals surface area (Å²) in [5.74, 6) is -0.318. The highest BCUT2D eigenvalue weighted by atomic mass is 35.5. The summed E-state index contributed by atoms with van der Waals surface area (Å²) in [6, 6.07) is 4.68. The number of anilines is 1. The van der Waals surface area contributed by atoms with Crippen LogP contribution < -0.4 is 5.32 Å². The smallest absolute Gasteiger partial charge is 0.239 e. The number of carbonyl (C=O) groups is 1. The largest absolute Gasteiger partial charge is 0.324 e. The highest BCUT2D eigenvalue weighted by molar-refractivity contribution is 7.89. The van der Waals surface area contributed by atoms with E-state index in [1.165, 1.54) is 10.4 Å². The molecular formula is C12H14Cl2N2O3S. The van der Waals surface area contributed by atoms with Gasteiger partial charge in [-0.25, -0.2) is 8.42 Å². The maximum absolute atomic E-state index is 11.9. The second-order valence-corrected chi connectivity index (χ2v) is 7.46. The summed E-state index contributed by atoms with van der Waals surface area (Å²) in [5.41, 5.74) is 0.412. The number of hydrogen-bond acceptors (Lipinski definition) is 3. The first-order valence-corrected chi connectivity index (χ1v) is 8.48. The van der Waals surface area contributed by atoms with Gasteiger partial charge in [0.15, 0.2) is 0 Å². The first kappa shape index (κ1) is 15.6. The van der Waals surface area contributed by atoms with Crippen molar-refractivity contribution in [3.05, 3.63) is 28.2 Å². The van der Waals surface area contributed by atoms with Gasteiger partial charge in [-0.1, -0.05) is 23.2 Å². The molecule has 0 atom stereocenters. The van der Waals surface area contributed by atoms with Crippen LogP contribution in [0.4, 0.5) is 5.69 Å². The molecule has 0 spiro atoms. The second-order valence-electron chi connectivity index (χ2n) is 4.53. The van der Waals surface area contributed by atoms with Crippen molar-refractivity contribution in [1.29, 1.82) is 0 Å². The molecule has 8 heteroatoms. The van der Waals surface area contributed by atoms with Crippen LogP contribution in [0.25, 0.3) is 0 Å². The number of benzene rings is 1. The lowest BCUT2D eigenvalue weighted by Gasteiger charge is -2.25. The molecule has 20 heavy (non-hydrogen) atoms. The summed E-state index contributed by atoms with van der Waals surface area (Å²) in [6.07, 6.45) is 1.41. The third-order valence-electron chi connectivity index (χ3n) is 2.98. The van der Waals surface area contributed by atoms with Gasteiger partial charge in [-0.15, -0.1) is 0 Å². The molecule has 1 aromatic carbocycles. The van der Waals surface area contributed by atoms with Crippen molar-refractivity contribution < 1.29 is 13.2 Å². The Hall–Kier alpha value is -0.820. The quantitative estimate of drug-likeness (QED) is 0.921. The lowest BCUT2D eigenvalue weighted by atomic mass is 10.3. The normalized spacial score (nSPS) is 18.7. The van der Waals surface area contributed by atoms with Crippen LogP contribution in [0.15, 0.2) is 18.2 Å². The highest BCUT2D eigenvalue weighted by Gasteiger charge is 2.27. The molecule has 5 nitrogen and oxygen atoms in total. The van der Waals surface area contributed by atoms with Crippen LogP contribution in [0, 0.1) is 0 Å². The summed E-state index contributed by atoms with van der Waals surface area (Å²) in [4.78, 5) is 11.9. The number of rotatable bonds is 3. The van der Waals surface area contributed by atoms with E-state index in [0.717, 1.165) is 6.42 Å². The predicted molar refractivity (Wildman–Crippen MR) is 79.7 cm³/mol. The Morgan fingerprint density at radius 1 is 1.30 bits per heavy atom. The Kier molecular flexibility index (Phi) is 4.90. The Bertz CT molecular complexity index is 619. The average Bonchev–Trinajstić information content (AvgIpc) is 2.35. The third-order valence-corrected chi connectivity index (χ3v) is 5.43. The van der Waals surface area contributed by atoms with Crippen molar-refractivity contribution in [2.45, 2.75) is 12.8 Å². The Labute approximate surface area is 127 Å². The van der Waals surface area contributed by atoms with E-state index in [0.29, 0.717) is 28.7 Å². The molecule has 0 aromatic heterocycles. The number of halogens is 2. The molecule has 1 saturated heterocycles. The molecule has 0 saturated carbocycles. The zero-order valence-corrected chi connectivity index (χ0v) is 12.9. The first-order valence-electron chi connectivity index (χ1n) is 6.11. The fraction of sp³-hybridized carbons (Fsp3) is 0.417. The van der Waals surface area contributed by atoms with Crippen LogP contribution in [0.2, 0.25) is 10.0 Å². The fourth-order valence-electron chi connectivity index (χ4n) is 1.96. The molecule has 1 aromatic rings. The summed E-state index contributed by atoms with van der Waals surface area (Å²) in [7, 11) is -3.31. The molecule has 1 amide bonds. The van der Waals surface area contributed by atoms with Gasteiger partial charge in [-0.05, 0) is 31.0 Å². The molecule has 0 bridgehead atoms. The number of nitrogens with one attached hydrogen (secondary N) is 1. The molecule has 1 N–H and O–H groups in total. The van der Waals surface area contributed by atoms with E-state index in [1.54, 1.807) is 12.1 Å². The van der Waals surface area contributed by atoms with E-state index in [4.69, 9.17) is 23.2 Å². The van der Waals surface area contributed by atoms with Gasteiger partial charge in [0.1, 0.15) is 0 Å². The molecule has 1 aliphatic heterocycles. The van der Waals surface area contributed by atoms with Gasteiger partial charge in [0.2, 0.25) is 15.9 Å². The topological polar surface area (TPSA) is 66.5 Å². The minimum atomic E-state index is -3.31. The van der Waals surface area contributed by atoms with Crippen molar-refractivity contribution in [3.8, 4) is 0 Å². The van der Waals surface area contributed by atoms with Gasteiger partial charge in [0.25, 0.3) is 0 Å². The van der Waals surface area contributed by atoms with Gasteiger partial charge >= 0.3 is 0 Å². The van der Waals surface area contributed by atoms with Crippen LogP contribution in [-0.2, 0) is 14.8 Å². The highest BCUT2D eigenvalue weighted by Crippen LogP contribution is 2.25. The number of sulfonamides is 1. The number of nitrogens with zero attached hydrogens (tertiary/aromatic N) is 1. The van der Waals surface area contributed by atoms with Gasteiger partial charge in [0, 0.05) is 11.6 Å². The Balaban J connectivity index is 2.02. The van der Waals surface area contributed by atoms with E-state index in [9.17, 15) is 13.2 Å². The lowest BCUT2D eigenvalue weighted by Crippen LogP contribution is -2.42. The summed E-state index contributed by atoms with van der Waals surface area (Å²) in [6.45, 7) is 0.186. The maximum atomic E-state index is 11.9. The average molecular weight is 337 g/mol. The molecular weight excluding hydrogens is 323 g/mol. The van der Waals surface area contributed by atoms with E-state index >= 15 is 0 Å². The molecule has 0 radical (unpaired) electrons. The molecule has 2 rings (SSSR count). The Morgan fingerprint density at radius 2 is 2.05 bits per heavy atom. The van der Waals surface area contributed by atoms with Crippen LogP contribution >= 0.6 is 23.2 Å². The number of amides is 1. The summed E-state index contributed by atoms with van der Waals surface area (Å²) < 4.78 is 24.8. The van der Waals surface area contributed by atoms with E-state index in [1.807, 2.05) is 0 Å². The number of carbonyl (C=O) groups excluding carboxylic acids is 1. The van der Waals surface area contributed by atoms with Crippen LogP contribution in [0.3, 0.4) is 0 Å². The first-order chi connectivity index (χ1) is 9.38. The van der Waals surface area contributed by atoms with Crippen molar-refractivity contribution in [2.75, 3.05) is 24.2 Å². The van der Waals surface area contributed by atoms with Gasteiger partial charge < -0.3 is 5.32 Å². The predicted octanol–water partition coefficient (Wildman–Crippen LogP) is 2.36. The van der Waals surface area contributed by atoms with Crippen molar-refractivity contribution in [2.24, 2.45) is 0 Å². The van der Waals surface area contributed by atoms with Gasteiger partial charge in [0.05, 0.1) is 23.0 Å². The third kappa shape index (κ3) is 3.85. The molecule has 0 unspecified atom stereocenters. The summed E-state index contributed by atoms with van der Waals surface area (Å²) >= 11 is 11.7. The van der Waals surface area contributed by atoms with Crippen molar-refractivity contribution in [3.63, 3.8) is 0 Å².